The van der Waals surface area contributed by atoms with Gasteiger partial charge < -0.3 is 5.32 Å². The summed E-state index contributed by atoms with van der Waals surface area (Å²) in [6.07, 6.45) is 5.38. The zero-order valence-electron chi connectivity index (χ0n) is 11.3. The molecule has 1 aliphatic rings. The van der Waals surface area contributed by atoms with Crippen molar-refractivity contribution in [1.29, 1.82) is 0 Å². The average molecular weight is 321 g/mol. The highest BCUT2D eigenvalue weighted by Gasteiger charge is 2.23. The number of rotatable bonds is 4. The van der Waals surface area contributed by atoms with E-state index in [2.05, 4.69) is 19.2 Å². The molecule has 2 atom stereocenters. The molecule has 0 heterocycles. The Kier molecular flexibility index (Phi) is 5.42. The number of hydrogen-bond donors (Lipinski definition) is 1. The van der Waals surface area contributed by atoms with Crippen LogP contribution in [0.3, 0.4) is 0 Å². The summed E-state index contributed by atoms with van der Waals surface area (Å²) in [6, 6.07) is 4.44. The Hall–Kier alpha value is 0.0500. The van der Waals surface area contributed by atoms with Gasteiger partial charge in [-0.05, 0) is 44.2 Å². The molecule has 106 valence electrons. The molecule has 1 unspecified atom stereocenters. The lowest BCUT2D eigenvalue weighted by molar-refractivity contribution is 0.352. The largest absolute Gasteiger partial charge is 0.307 e. The molecule has 19 heavy (non-hydrogen) atoms. The summed E-state index contributed by atoms with van der Waals surface area (Å²) in [5.41, 5.74) is 1.01. The van der Waals surface area contributed by atoms with Crippen LogP contribution in [0.25, 0.3) is 0 Å². The van der Waals surface area contributed by atoms with Gasteiger partial charge in [0.25, 0.3) is 0 Å². The Morgan fingerprint density at radius 1 is 1.05 bits per heavy atom. The fourth-order valence-corrected chi connectivity index (χ4v) is 3.66. The third-order valence-electron chi connectivity index (χ3n) is 4.15. The second-order valence-electron chi connectivity index (χ2n) is 5.49. The molecular weight excluding hydrogens is 301 g/mol. The molecule has 1 fully saturated rings. The molecule has 1 saturated carbocycles. The minimum atomic E-state index is 0.179. The van der Waals surface area contributed by atoms with Crippen molar-refractivity contribution in [2.75, 3.05) is 0 Å². The van der Waals surface area contributed by atoms with Gasteiger partial charge in [0, 0.05) is 12.1 Å². The van der Waals surface area contributed by atoms with Crippen LogP contribution in [0.15, 0.2) is 12.1 Å². The molecule has 0 saturated heterocycles. The molecule has 0 radical (unpaired) electrons. The van der Waals surface area contributed by atoms with Crippen LogP contribution in [-0.4, -0.2) is 6.04 Å². The average Bonchev–Trinajstić information content (AvgIpc) is 2.89. The van der Waals surface area contributed by atoms with E-state index in [1.165, 1.54) is 25.7 Å². The van der Waals surface area contributed by atoms with E-state index in [0.717, 1.165) is 11.5 Å². The Labute approximate surface area is 130 Å². The molecule has 0 spiro atoms. The Bertz CT molecular complexity index is 441. The number of nitrogens with one attached hydrogen (secondary N) is 1. The lowest BCUT2D eigenvalue weighted by Gasteiger charge is -2.26. The van der Waals surface area contributed by atoms with Crippen molar-refractivity contribution in [3.05, 3.63) is 32.8 Å². The van der Waals surface area contributed by atoms with Gasteiger partial charge >= 0.3 is 0 Å². The molecule has 1 aromatic carbocycles. The molecule has 2 rings (SSSR count). The second-order valence-corrected chi connectivity index (χ2v) is 6.65. The standard InChI is InChI=1S/C15H20Cl3N/c1-9(11-5-3-4-6-11)19-10(2)12-7-8-13(16)15(18)14(12)17/h7-11,19H,3-6H2,1-2H3/t9-,10?/m0/s1. The lowest BCUT2D eigenvalue weighted by Crippen LogP contribution is -2.34. The van der Waals surface area contributed by atoms with Crippen molar-refractivity contribution in [3.63, 3.8) is 0 Å². The zero-order chi connectivity index (χ0) is 14.0. The van der Waals surface area contributed by atoms with E-state index in [9.17, 15) is 0 Å². The normalized spacial score (nSPS) is 19.6. The van der Waals surface area contributed by atoms with Crippen molar-refractivity contribution >= 4 is 34.8 Å². The number of hydrogen-bond acceptors (Lipinski definition) is 1. The first-order valence-corrected chi connectivity index (χ1v) is 8.03. The van der Waals surface area contributed by atoms with Crippen LogP contribution in [0.5, 0.6) is 0 Å². The van der Waals surface area contributed by atoms with E-state index >= 15 is 0 Å². The summed E-state index contributed by atoms with van der Waals surface area (Å²) in [5.74, 6) is 0.781. The Morgan fingerprint density at radius 2 is 1.68 bits per heavy atom. The molecule has 1 aromatic rings. The van der Waals surface area contributed by atoms with E-state index in [4.69, 9.17) is 34.8 Å². The van der Waals surface area contributed by atoms with Gasteiger partial charge in [-0.3, -0.25) is 0 Å². The summed E-state index contributed by atoms with van der Waals surface area (Å²) < 4.78 is 0. The first-order valence-electron chi connectivity index (χ1n) is 6.90. The predicted molar refractivity (Wildman–Crippen MR) is 84.4 cm³/mol. The third-order valence-corrected chi connectivity index (χ3v) is 5.46. The van der Waals surface area contributed by atoms with Gasteiger partial charge in [-0.1, -0.05) is 53.7 Å². The van der Waals surface area contributed by atoms with Crippen LogP contribution in [0.4, 0.5) is 0 Å². The first kappa shape index (κ1) is 15.4. The van der Waals surface area contributed by atoms with Crippen LogP contribution in [0, 0.1) is 5.92 Å². The van der Waals surface area contributed by atoms with Crippen LogP contribution >= 0.6 is 34.8 Å². The molecule has 1 N–H and O–H groups in total. The van der Waals surface area contributed by atoms with E-state index in [1.54, 1.807) is 0 Å². The zero-order valence-corrected chi connectivity index (χ0v) is 13.6. The Balaban J connectivity index is 2.07. The second kappa shape index (κ2) is 6.67. The van der Waals surface area contributed by atoms with Gasteiger partial charge in [0.05, 0.1) is 15.1 Å². The summed E-state index contributed by atoms with van der Waals surface area (Å²) >= 11 is 18.3. The van der Waals surface area contributed by atoms with E-state index < -0.39 is 0 Å². The highest BCUT2D eigenvalue weighted by Crippen LogP contribution is 2.36. The molecule has 0 amide bonds. The van der Waals surface area contributed by atoms with Gasteiger partial charge in [-0.2, -0.15) is 0 Å². The SMILES string of the molecule is CC(N[C@@H](C)C1CCCC1)c1ccc(Cl)c(Cl)c1Cl. The topological polar surface area (TPSA) is 12.0 Å². The van der Waals surface area contributed by atoms with Crippen molar-refractivity contribution in [3.8, 4) is 0 Å². The van der Waals surface area contributed by atoms with Crippen LogP contribution in [-0.2, 0) is 0 Å². The quantitative estimate of drug-likeness (QED) is 0.683. The third kappa shape index (κ3) is 3.58. The highest BCUT2D eigenvalue weighted by atomic mass is 35.5. The summed E-state index contributed by atoms with van der Waals surface area (Å²) in [7, 11) is 0. The molecule has 4 heteroatoms. The maximum Gasteiger partial charge on any atom is 0.0781 e. The molecule has 0 bridgehead atoms. The van der Waals surface area contributed by atoms with Gasteiger partial charge in [-0.15, -0.1) is 0 Å². The van der Waals surface area contributed by atoms with Gasteiger partial charge in [0.2, 0.25) is 0 Å². The highest BCUT2D eigenvalue weighted by molar-refractivity contribution is 6.48. The van der Waals surface area contributed by atoms with E-state index in [1.807, 2.05) is 12.1 Å². The minimum absolute atomic E-state index is 0.179. The smallest absolute Gasteiger partial charge is 0.0781 e. The fraction of sp³-hybridized carbons (Fsp3) is 0.600. The van der Waals surface area contributed by atoms with Crippen molar-refractivity contribution in [2.24, 2.45) is 5.92 Å². The van der Waals surface area contributed by atoms with Crippen molar-refractivity contribution in [2.45, 2.75) is 51.6 Å². The van der Waals surface area contributed by atoms with Crippen molar-refractivity contribution in [1.82, 2.24) is 5.32 Å². The van der Waals surface area contributed by atoms with Gasteiger partial charge in [0.1, 0.15) is 0 Å². The molecule has 1 nitrogen and oxygen atoms in total. The minimum Gasteiger partial charge on any atom is -0.307 e. The van der Waals surface area contributed by atoms with Crippen LogP contribution in [0.1, 0.15) is 51.1 Å². The van der Waals surface area contributed by atoms with E-state index in [-0.39, 0.29) is 6.04 Å². The first-order chi connectivity index (χ1) is 9.00. The molecule has 1 aliphatic carbocycles. The maximum absolute atomic E-state index is 6.28. The molecular formula is C15H20Cl3N. The summed E-state index contributed by atoms with van der Waals surface area (Å²) in [6.45, 7) is 4.38. The van der Waals surface area contributed by atoms with Gasteiger partial charge in [-0.25, -0.2) is 0 Å². The molecule has 0 aromatic heterocycles. The Morgan fingerprint density at radius 3 is 2.32 bits per heavy atom. The maximum atomic E-state index is 6.28. The summed E-state index contributed by atoms with van der Waals surface area (Å²) in [5, 5.41) is 5.16. The van der Waals surface area contributed by atoms with E-state index in [0.29, 0.717) is 21.1 Å². The monoisotopic (exact) mass is 319 g/mol. The predicted octanol–water partition coefficient (Wildman–Crippen LogP) is 5.88. The van der Waals surface area contributed by atoms with Crippen LogP contribution < -0.4 is 5.32 Å². The van der Waals surface area contributed by atoms with Gasteiger partial charge in [0.15, 0.2) is 0 Å². The molecule has 0 aliphatic heterocycles. The number of halogens is 3. The van der Waals surface area contributed by atoms with Crippen molar-refractivity contribution < 1.29 is 0 Å². The van der Waals surface area contributed by atoms with Crippen LogP contribution in [0.2, 0.25) is 15.1 Å². The lowest BCUT2D eigenvalue weighted by atomic mass is 9.98. The summed E-state index contributed by atoms with van der Waals surface area (Å²) in [4.78, 5) is 0. The number of benzene rings is 1. The fourth-order valence-electron chi connectivity index (χ4n) is 2.95.